The molecule has 0 aromatic heterocycles. The Morgan fingerprint density at radius 1 is 1.47 bits per heavy atom. The van der Waals surface area contributed by atoms with Gasteiger partial charge in [0.2, 0.25) is 0 Å². The lowest BCUT2D eigenvalue weighted by Crippen LogP contribution is -2.24. The summed E-state index contributed by atoms with van der Waals surface area (Å²) in [5.41, 5.74) is 2.10. The van der Waals surface area contributed by atoms with E-state index >= 15 is 0 Å². The molecule has 1 atom stereocenters. The number of halogens is 2. The molecule has 1 saturated heterocycles. The van der Waals surface area contributed by atoms with Gasteiger partial charge in [0, 0.05) is 10.0 Å². The highest BCUT2D eigenvalue weighted by atomic mass is 79.9. The standard InChI is InChI=1S/C15H20BrClO2/c1-10-6-12(16)7-11(8-17)14(10)18-9-13-4-5-15(2,3)19-13/h6-7,13H,4-5,8-9H2,1-3H3. The van der Waals surface area contributed by atoms with Gasteiger partial charge >= 0.3 is 0 Å². The molecule has 0 bridgehead atoms. The van der Waals surface area contributed by atoms with Gasteiger partial charge in [-0.25, -0.2) is 0 Å². The van der Waals surface area contributed by atoms with Crippen molar-refractivity contribution in [1.29, 1.82) is 0 Å². The van der Waals surface area contributed by atoms with E-state index < -0.39 is 0 Å². The zero-order valence-corrected chi connectivity index (χ0v) is 14.0. The van der Waals surface area contributed by atoms with Crippen molar-refractivity contribution in [2.75, 3.05) is 6.61 Å². The topological polar surface area (TPSA) is 18.5 Å². The highest BCUT2D eigenvalue weighted by Crippen LogP contribution is 2.32. The Labute approximate surface area is 128 Å². The molecule has 19 heavy (non-hydrogen) atoms. The number of aryl methyl sites for hydroxylation is 1. The average molecular weight is 348 g/mol. The summed E-state index contributed by atoms with van der Waals surface area (Å²) in [7, 11) is 0. The third-order valence-corrected chi connectivity index (χ3v) is 4.17. The third-order valence-electron chi connectivity index (χ3n) is 3.43. The van der Waals surface area contributed by atoms with Crippen molar-refractivity contribution in [3.8, 4) is 5.75 Å². The van der Waals surface area contributed by atoms with Crippen LogP contribution in [0.3, 0.4) is 0 Å². The van der Waals surface area contributed by atoms with Crippen LogP contribution in [0.2, 0.25) is 0 Å². The summed E-state index contributed by atoms with van der Waals surface area (Å²) >= 11 is 9.47. The van der Waals surface area contributed by atoms with Crippen LogP contribution in [-0.2, 0) is 10.6 Å². The summed E-state index contributed by atoms with van der Waals surface area (Å²) in [4.78, 5) is 0. The highest BCUT2D eigenvalue weighted by molar-refractivity contribution is 9.10. The lowest BCUT2D eigenvalue weighted by molar-refractivity contribution is -0.0328. The van der Waals surface area contributed by atoms with Crippen LogP contribution >= 0.6 is 27.5 Å². The highest BCUT2D eigenvalue weighted by Gasteiger charge is 2.32. The molecule has 1 fully saturated rings. The second-order valence-electron chi connectivity index (χ2n) is 5.69. The molecule has 1 heterocycles. The minimum Gasteiger partial charge on any atom is -0.490 e. The van der Waals surface area contributed by atoms with Crippen LogP contribution < -0.4 is 4.74 Å². The van der Waals surface area contributed by atoms with Crippen molar-refractivity contribution in [3.05, 3.63) is 27.7 Å². The van der Waals surface area contributed by atoms with E-state index in [2.05, 4.69) is 29.8 Å². The van der Waals surface area contributed by atoms with E-state index in [1.165, 1.54) is 0 Å². The van der Waals surface area contributed by atoms with Crippen LogP contribution in [0, 0.1) is 6.92 Å². The van der Waals surface area contributed by atoms with Gasteiger partial charge in [0.15, 0.2) is 0 Å². The third kappa shape index (κ3) is 3.87. The van der Waals surface area contributed by atoms with Crippen LogP contribution in [0.15, 0.2) is 16.6 Å². The van der Waals surface area contributed by atoms with Gasteiger partial charge in [0.1, 0.15) is 12.4 Å². The molecule has 1 aromatic carbocycles. The summed E-state index contributed by atoms with van der Waals surface area (Å²) in [5.74, 6) is 1.35. The molecule has 1 aliphatic heterocycles. The van der Waals surface area contributed by atoms with E-state index in [-0.39, 0.29) is 11.7 Å². The predicted molar refractivity (Wildman–Crippen MR) is 82.1 cm³/mol. The summed E-state index contributed by atoms with van der Waals surface area (Å²) < 4.78 is 12.9. The van der Waals surface area contributed by atoms with Gasteiger partial charge < -0.3 is 9.47 Å². The van der Waals surface area contributed by atoms with Gasteiger partial charge in [-0.2, -0.15) is 0 Å². The molecular formula is C15H20BrClO2. The van der Waals surface area contributed by atoms with Crippen molar-refractivity contribution < 1.29 is 9.47 Å². The SMILES string of the molecule is Cc1cc(Br)cc(CCl)c1OCC1CCC(C)(C)O1. The largest absolute Gasteiger partial charge is 0.490 e. The predicted octanol–water partition coefficient (Wildman–Crippen LogP) is 4.83. The number of ether oxygens (including phenoxy) is 2. The van der Waals surface area contributed by atoms with Gasteiger partial charge in [0.25, 0.3) is 0 Å². The molecule has 0 amide bonds. The number of hydrogen-bond donors (Lipinski definition) is 0. The second kappa shape index (κ2) is 6.02. The molecular weight excluding hydrogens is 328 g/mol. The molecule has 1 unspecified atom stereocenters. The molecule has 2 rings (SSSR count). The fourth-order valence-corrected chi connectivity index (χ4v) is 3.29. The Hall–Kier alpha value is -0.250. The van der Waals surface area contributed by atoms with Crippen molar-refractivity contribution >= 4 is 27.5 Å². The molecule has 0 radical (unpaired) electrons. The molecule has 0 N–H and O–H groups in total. The lowest BCUT2D eigenvalue weighted by Gasteiger charge is -2.20. The van der Waals surface area contributed by atoms with Crippen LogP contribution in [-0.4, -0.2) is 18.3 Å². The molecule has 4 heteroatoms. The van der Waals surface area contributed by atoms with E-state index in [1.54, 1.807) is 0 Å². The van der Waals surface area contributed by atoms with Crippen molar-refractivity contribution in [1.82, 2.24) is 0 Å². The molecule has 1 aliphatic rings. The van der Waals surface area contributed by atoms with E-state index in [0.29, 0.717) is 12.5 Å². The van der Waals surface area contributed by atoms with E-state index in [0.717, 1.165) is 34.2 Å². The fourth-order valence-electron chi connectivity index (χ4n) is 2.48. The zero-order chi connectivity index (χ0) is 14.0. The van der Waals surface area contributed by atoms with Gasteiger partial charge in [-0.1, -0.05) is 15.9 Å². The maximum Gasteiger partial charge on any atom is 0.126 e. The van der Waals surface area contributed by atoms with Gasteiger partial charge in [0.05, 0.1) is 17.6 Å². The van der Waals surface area contributed by atoms with Crippen molar-refractivity contribution in [2.24, 2.45) is 0 Å². The minimum absolute atomic E-state index is 0.0158. The molecule has 0 aliphatic carbocycles. The Balaban J connectivity index is 2.04. The Kier molecular flexibility index (Phi) is 4.80. The summed E-state index contributed by atoms with van der Waals surface area (Å²) in [5, 5.41) is 0. The maximum atomic E-state index is 5.98. The molecule has 2 nitrogen and oxygen atoms in total. The normalized spacial score (nSPS) is 21.6. The zero-order valence-electron chi connectivity index (χ0n) is 11.6. The first-order valence-corrected chi connectivity index (χ1v) is 7.89. The van der Waals surface area contributed by atoms with E-state index in [1.807, 2.05) is 19.1 Å². The monoisotopic (exact) mass is 346 g/mol. The first kappa shape index (κ1) is 15.1. The number of benzene rings is 1. The van der Waals surface area contributed by atoms with E-state index in [4.69, 9.17) is 21.1 Å². The van der Waals surface area contributed by atoms with Crippen LogP contribution in [0.1, 0.15) is 37.8 Å². The quantitative estimate of drug-likeness (QED) is 0.726. The first-order valence-electron chi connectivity index (χ1n) is 6.57. The van der Waals surface area contributed by atoms with Crippen LogP contribution in [0.4, 0.5) is 0 Å². The van der Waals surface area contributed by atoms with Crippen molar-refractivity contribution in [2.45, 2.75) is 51.2 Å². The second-order valence-corrected chi connectivity index (χ2v) is 6.88. The Bertz CT molecular complexity index is 460. The molecule has 1 aromatic rings. The van der Waals surface area contributed by atoms with Crippen LogP contribution in [0.25, 0.3) is 0 Å². The van der Waals surface area contributed by atoms with Gasteiger partial charge in [-0.3, -0.25) is 0 Å². The smallest absolute Gasteiger partial charge is 0.126 e. The average Bonchev–Trinajstić information content (AvgIpc) is 2.67. The summed E-state index contributed by atoms with van der Waals surface area (Å²) in [6.07, 6.45) is 2.32. The van der Waals surface area contributed by atoms with Crippen LogP contribution in [0.5, 0.6) is 5.75 Å². The Morgan fingerprint density at radius 2 is 2.21 bits per heavy atom. The molecule has 106 valence electrons. The lowest BCUT2D eigenvalue weighted by atomic mass is 10.1. The first-order chi connectivity index (χ1) is 8.91. The van der Waals surface area contributed by atoms with E-state index in [9.17, 15) is 0 Å². The molecule has 0 saturated carbocycles. The minimum atomic E-state index is -0.0158. The van der Waals surface area contributed by atoms with Crippen molar-refractivity contribution in [3.63, 3.8) is 0 Å². The van der Waals surface area contributed by atoms with Gasteiger partial charge in [-0.05, 0) is 51.3 Å². The summed E-state index contributed by atoms with van der Waals surface area (Å²) in [6.45, 7) is 6.88. The fraction of sp³-hybridized carbons (Fsp3) is 0.600. The van der Waals surface area contributed by atoms with Gasteiger partial charge in [-0.15, -0.1) is 11.6 Å². The maximum absolute atomic E-state index is 5.98. The molecule has 0 spiro atoms. The number of rotatable bonds is 4. The number of hydrogen-bond acceptors (Lipinski definition) is 2. The number of alkyl halides is 1. The Morgan fingerprint density at radius 3 is 2.79 bits per heavy atom. The summed E-state index contributed by atoms with van der Waals surface area (Å²) in [6, 6.07) is 4.06.